The lowest BCUT2D eigenvalue weighted by Gasteiger charge is -2.06. The van der Waals surface area contributed by atoms with Crippen LogP contribution < -0.4 is 5.73 Å². The van der Waals surface area contributed by atoms with Crippen molar-refractivity contribution in [2.75, 3.05) is 0 Å². The number of rotatable bonds is 2. The quantitative estimate of drug-likeness (QED) is 0.722. The summed E-state index contributed by atoms with van der Waals surface area (Å²) in [5.41, 5.74) is 9.77. The molecule has 2 N–H and O–H groups in total. The van der Waals surface area contributed by atoms with Crippen molar-refractivity contribution < 1.29 is 0 Å². The van der Waals surface area contributed by atoms with E-state index in [2.05, 4.69) is 54.0 Å². The Bertz CT molecular complexity index is 708. The van der Waals surface area contributed by atoms with Crippen LogP contribution in [0.3, 0.4) is 0 Å². The summed E-state index contributed by atoms with van der Waals surface area (Å²) < 4.78 is 2.36. The van der Waals surface area contributed by atoms with Crippen LogP contribution in [0.25, 0.3) is 21.8 Å². The number of hydrogen-bond acceptors (Lipinski definition) is 1. The molecule has 0 bridgehead atoms. The number of para-hydroxylation sites is 1. The maximum atomic E-state index is 5.98. The first-order valence-corrected chi connectivity index (χ1v) is 6.49. The third kappa shape index (κ3) is 1.53. The highest BCUT2D eigenvalue weighted by molar-refractivity contribution is 6.08. The molecule has 0 aliphatic rings. The first-order valence-electron chi connectivity index (χ1n) is 6.49. The molecule has 3 rings (SSSR count). The van der Waals surface area contributed by atoms with Crippen LogP contribution in [-0.4, -0.2) is 4.57 Å². The predicted octanol–water partition coefficient (Wildman–Crippen LogP) is 3.83. The maximum absolute atomic E-state index is 5.98. The summed E-state index contributed by atoms with van der Waals surface area (Å²) >= 11 is 0. The van der Waals surface area contributed by atoms with Gasteiger partial charge in [0.05, 0.1) is 0 Å². The molecule has 0 aliphatic heterocycles. The number of nitrogens with zero attached hydrogens (tertiary/aromatic N) is 1. The molecule has 92 valence electrons. The van der Waals surface area contributed by atoms with Gasteiger partial charge in [0.15, 0.2) is 0 Å². The summed E-state index contributed by atoms with van der Waals surface area (Å²) in [6.07, 6.45) is 0. The smallest absolute Gasteiger partial charge is 0.0491 e. The molecule has 0 saturated heterocycles. The molecule has 0 amide bonds. The van der Waals surface area contributed by atoms with Crippen LogP contribution in [0.1, 0.15) is 25.5 Å². The molecule has 2 heteroatoms. The van der Waals surface area contributed by atoms with Crippen molar-refractivity contribution in [1.82, 2.24) is 4.57 Å². The topological polar surface area (TPSA) is 30.9 Å². The zero-order chi connectivity index (χ0) is 12.7. The van der Waals surface area contributed by atoms with Gasteiger partial charge in [0.25, 0.3) is 0 Å². The summed E-state index contributed by atoms with van der Waals surface area (Å²) in [7, 11) is 0. The average molecular weight is 238 g/mol. The van der Waals surface area contributed by atoms with Gasteiger partial charge in [0.2, 0.25) is 0 Å². The minimum absolute atomic E-state index is 0.0816. The molecule has 0 fully saturated rings. The molecule has 0 spiro atoms. The second-order valence-corrected chi connectivity index (χ2v) is 4.83. The van der Waals surface area contributed by atoms with Gasteiger partial charge < -0.3 is 10.3 Å². The molecule has 2 nitrogen and oxygen atoms in total. The lowest BCUT2D eigenvalue weighted by Crippen LogP contribution is -2.04. The monoisotopic (exact) mass is 238 g/mol. The molecule has 18 heavy (non-hydrogen) atoms. The summed E-state index contributed by atoms with van der Waals surface area (Å²) in [5, 5.41) is 2.62. The fraction of sp³-hybridized carbons (Fsp3) is 0.250. The largest absolute Gasteiger partial charge is 0.341 e. The minimum Gasteiger partial charge on any atom is -0.341 e. The van der Waals surface area contributed by atoms with E-state index >= 15 is 0 Å². The third-order valence-electron chi connectivity index (χ3n) is 3.64. The lowest BCUT2D eigenvalue weighted by molar-refractivity contribution is 0.815. The van der Waals surface area contributed by atoms with Gasteiger partial charge in [-0.1, -0.05) is 24.3 Å². The Morgan fingerprint density at radius 3 is 2.50 bits per heavy atom. The van der Waals surface area contributed by atoms with Crippen LogP contribution in [-0.2, 0) is 6.54 Å². The molecule has 0 unspecified atom stereocenters. The molecule has 1 aromatic heterocycles. The maximum Gasteiger partial charge on any atom is 0.0491 e. The summed E-state index contributed by atoms with van der Waals surface area (Å²) in [4.78, 5) is 0. The van der Waals surface area contributed by atoms with Gasteiger partial charge in [-0.25, -0.2) is 0 Å². The van der Waals surface area contributed by atoms with Gasteiger partial charge in [0, 0.05) is 34.4 Å². The van der Waals surface area contributed by atoms with Crippen molar-refractivity contribution in [1.29, 1.82) is 0 Å². The van der Waals surface area contributed by atoms with Crippen molar-refractivity contribution in [3.8, 4) is 0 Å². The molecule has 1 heterocycles. The van der Waals surface area contributed by atoms with Gasteiger partial charge >= 0.3 is 0 Å². The highest BCUT2D eigenvalue weighted by Crippen LogP contribution is 2.30. The summed E-state index contributed by atoms with van der Waals surface area (Å²) in [5.74, 6) is 0. The molecule has 1 atom stereocenters. The Morgan fingerprint density at radius 1 is 1.06 bits per heavy atom. The minimum atomic E-state index is 0.0816. The van der Waals surface area contributed by atoms with Crippen LogP contribution in [0.4, 0.5) is 0 Å². The Hall–Kier alpha value is -1.80. The molecule has 3 aromatic rings. The van der Waals surface area contributed by atoms with E-state index in [1.165, 1.54) is 27.4 Å². The standard InChI is InChI=1S/C16H18N2/c1-3-18-15-7-5-4-6-13(15)14-10-12(11(2)17)8-9-16(14)18/h4-11H,3,17H2,1-2H3/t11-/m1/s1. The third-order valence-corrected chi connectivity index (χ3v) is 3.64. The number of aryl methyl sites for hydroxylation is 1. The van der Waals surface area contributed by atoms with Crippen molar-refractivity contribution in [3.05, 3.63) is 48.0 Å². The second kappa shape index (κ2) is 4.14. The van der Waals surface area contributed by atoms with E-state index in [0.717, 1.165) is 6.54 Å². The van der Waals surface area contributed by atoms with E-state index in [4.69, 9.17) is 5.73 Å². The molecule has 2 aromatic carbocycles. The lowest BCUT2D eigenvalue weighted by atomic mass is 10.1. The summed E-state index contributed by atoms with van der Waals surface area (Å²) in [6.45, 7) is 5.20. The van der Waals surface area contributed by atoms with E-state index in [9.17, 15) is 0 Å². The Morgan fingerprint density at radius 2 is 1.78 bits per heavy atom. The van der Waals surface area contributed by atoms with E-state index < -0.39 is 0 Å². The number of aromatic nitrogens is 1. The highest BCUT2D eigenvalue weighted by atomic mass is 15.0. The zero-order valence-corrected chi connectivity index (χ0v) is 10.9. The van der Waals surface area contributed by atoms with Crippen LogP contribution in [0, 0.1) is 0 Å². The Kier molecular flexibility index (Phi) is 2.60. The predicted molar refractivity (Wildman–Crippen MR) is 77.7 cm³/mol. The SMILES string of the molecule is CCn1c2ccccc2c2cc([C@@H](C)N)ccc21. The number of nitrogens with two attached hydrogens (primary N) is 1. The molecular weight excluding hydrogens is 220 g/mol. The van der Waals surface area contributed by atoms with Gasteiger partial charge in [-0.3, -0.25) is 0 Å². The van der Waals surface area contributed by atoms with E-state index in [1.807, 2.05) is 6.92 Å². The van der Waals surface area contributed by atoms with Crippen molar-refractivity contribution in [2.24, 2.45) is 5.73 Å². The van der Waals surface area contributed by atoms with Crippen LogP contribution >= 0.6 is 0 Å². The molecule has 0 aliphatic carbocycles. The molecular formula is C16H18N2. The number of benzene rings is 2. The van der Waals surface area contributed by atoms with Crippen molar-refractivity contribution in [2.45, 2.75) is 26.4 Å². The van der Waals surface area contributed by atoms with Crippen LogP contribution in [0.15, 0.2) is 42.5 Å². The first-order chi connectivity index (χ1) is 8.72. The van der Waals surface area contributed by atoms with E-state index in [1.54, 1.807) is 0 Å². The van der Waals surface area contributed by atoms with Gasteiger partial charge in [-0.2, -0.15) is 0 Å². The Labute approximate surface area is 107 Å². The molecule has 0 saturated carbocycles. The van der Waals surface area contributed by atoms with E-state index in [-0.39, 0.29) is 6.04 Å². The molecule has 0 radical (unpaired) electrons. The normalized spacial score (nSPS) is 13.3. The first kappa shape index (κ1) is 11.3. The highest BCUT2D eigenvalue weighted by Gasteiger charge is 2.10. The number of fused-ring (bicyclic) bond motifs is 3. The Balaban J connectivity index is 2.45. The average Bonchev–Trinajstić information content (AvgIpc) is 2.71. The second-order valence-electron chi connectivity index (χ2n) is 4.83. The van der Waals surface area contributed by atoms with Gasteiger partial charge in [-0.15, -0.1) is 0 Å². The summed E-state index contributed by atoms with van der Waals surface area (Å²) in [6, 6.07) is 15.2. The van der Waals surface area contributed by atoms with Gasteiger partial charge in [-0.05, 0) is 37.6 Å². The number of hydrogen-bond donors (Lipinski definition) is 1. The fourth-order valence-electron chi connectivity index (χ4n) is 2.70. The van der Waals surface area contributed by atoms with Crippen molar-refractivity contribution >= 4 is 21.8 Å². The van der Waals surface area contributed by atoms with E-state index in [0.29, 0.717) is 0 Å². The fourth-order valence-corrected chi connectivity index (χ4v) is 2.70. The van der Waals surface area contributed by atoms with Crippen LogP contribution in [0.2, 0.25) is 0 Å². The van der Waals surface area contributed by atoms with Crippen molar-refractivity contribution in [3.63, 3.8) is 0 Å². The van der Waals surface area contributed by atoms with Gasteiger partial charge in [0.1, 0.15) is 0 Å². The van der Waals surface area contributed by atoms with Crippen LogP contribution in [0.5, 0.6) is 0 Å². The zero-order valence-electron chi connectivity index (χ0n) is 10.9.